The number of hydrogen-bond acceptors (Lipinski definition) is 3. The SMILES string of the molecule is Cc1cccc(-c2ccc(=O)n(CC(=O)NCCc3ccccc3)n2)c1. The molecule has 1 N–H and O–H groups in total. The summed E-state index contributed by atoms with van der Waals surface area (Å²) in [4.78, 5) is 24.2. The van der Waals surface area contributed by atoms with Gasteiger partial charge in [-0.1, -0.05) is 54.1 Å². The van der Waals surface area contributed by atoms with Gasteiger partial charge in [-0.25, -0.2) is 4.68 Å². The summed E-state index contributed by atoms with van der Waals surface area (Å²) in [5.74, 6) is -0.225. The van der Waals surface area contributed by atoms with E-state index in [1.54, 1.807) is 6.07 Å². The van der Waals surface area contributed by atoms with E-state index >= 15 is 0 Å². The number of hydrogen-bond donors (Lipinski definition) is 1. The van der Waals surface area contributed by atoms with E-state index in [9.17, 15) is 9.59 Å². The third-order valence-corrected chi connectivity index (χ3v) is 4.05. The van der Waals surface area contributed by atoms with Crippen LogP contribution in [0.1, 0.15) is 11.1 Å². The number of benzene rings is 2. The fourth-order valence-corrected chi connectivity index (χ4v) is 2.70. The Hall–Kier alpha value is -3.21. The molecule has 0 radical (unpaired) electrons. The molecule has 0 spiro atoms. The standard InChI is InChI=1S/C21H21N3O2/c1-16-6-5-9-18(14-16)19-10-11-21(26)24(23-19)15-20(25)22-13-12-17-7-3-2-4-8-17/h2-11,14H,12-13,15H2,1H3,(H,22,25). The average molecular weight is 347 g/mol. The Labute approximate surface area is 152 Å². The lowest BCUT2D eigenvalue weighted by molar-refractivity contribution is -0.121. The van der Waals surface area contributed by atoms with Gasteiger partial charge < -0.3 is 5.32 Å². The second-order valence-electron chi connectivity index (χ2n) is 6.17. The lowest BCUT2D eigenvalue weighted by Gasteiger charge is -2.09. The molecule has 1 aromatic heterocycles. The third kappa shape index (κ3) is 4.66. The molecule has 5 nitrogen and oxygen atoms in total. The summed E-state index contributed by atoms with van der Waals surface area (Å²) in [5.41, 5.74) is 3.57. The van der Waals surface area contributed by atoms with Gasteiger partial charge in [-0.05, 0) is 31.0 Å². The molecular weight excluding hydrogens is 326 g/mol. The van der Waals surface area contributed by atoms with Crippen molar-refractivity contribution in [3.8, 4) is 11.3 Å². The Morgan fingerprint density at radius 3 is 2.62 bits per heavy atom. The molecule has 1 amide bonds. The average Bonchev–Trinajstić information content (AvgIpc) is 2.64. The first-order valence-electron chi connectivity index (χ1n) is 8.58. The van der Waals surface area contributed by atoms with Crippen LogP contribution in [0.15, 0.2) is 71.5 Å². The second-order valence-corrected chi connectivity index (χ2v) is 6.17. The van der Waals surface area contributed by atoms with Crippen molar-refractivity contribution < 1.29 is 4.79 Å². The molecule has 132 valence electrons. The zero-order valence-corrected chi connectivity index (χ0v) is 14.7. The van der Waals surface area contributed by atoms with Crippen molar-refractivity contribution in [3.63, 3.8) is 0 Å². The van der Waals surface area contributed by atoms with Crippen LogP contribution in [-0.4, -0.2) is 22.2 Å². The number of nitrogens with one attached hydrogen (secondary N) is 1. The van der Waals surface area contributed by atoms with Crippen LogP contribution in [0.2, 0.25) is 0 Å². The molecule has 26 heavy (non-hydrogen) atoms. The Balaban J connectivity index is 1.64. The molecule has 0 atom stereocenters. The maximum absolute atomic E-state index is 12.1. The van der Waals surface area contributed by atoms with E-state index in [1.807, 2.05) is 61.5 Å². The molecule has 0 saturated carbocycles. The molecule has 0 aliphatic carbocycles. The maximum atomic E-state index is 12.1. The number of carbonyl (C=O) groups excluding carboxylic acids is 1. The first-order chi connectivity index (χ1) is 12.6. The predicted octanol–water partition coefficient (Wildman–Crippen LogP) is 2.58. The molecule has 0 aliphatic rings. The van der Waals surface area contributed by atoms with E-state index in [0.717, 1.165) is 23.1 Å². The molecule has 5 heteroatoms. The van der Waals surface area contributed by atoms with Crippen LogP contribution in [0.5, 0.6) is 0 Å². The van der Waals surface area contributed by atoms with Gasteiger partial charge in [0.05, 0.1) is 5.69 Å². The summed E-state index contributed by atoms with van der Waals surface area (Å²) in [6.07, 6.45) is 0.748. The van der Waals surface area contributed by atoms with E-state index in [4.69, 9.17) is 0 Å². The highest BCUT2D eigenvalue weighted by Crippen LogP contribution is 2.16. The van der Waals surface area contributed by atoms with Crippen LogP contribution in [0.3, 0.4) is 0 Å². The van der Waals surface area contributed by atoms with Gasteiger partial charge in [-0.15, -0.1) is 0 Å². The number of rotatable bonds is 6. The molecule has 0 saturated heterocycles. The monoisotopic (exact) mass is 347 g/mol. The molecule has 0 unspecified atom stereocenters. The molecular formula is C21H21N3O2. The van der Waals surface area contributed by atoms with Crippen molar-refractivity contribution >= 4 is 5.91 Å². The number of amides is 1. The van der Waals surface area contributed by atoms with Gasteiger partial charge in [0.15, 0.2) is 0 Å². The van der Waals surface area contributed by atoms with Gasteiger partial charge in [0.1, 0.15) is 6.54 Å². The van der Waals surface area contributed by atoms with Gasteiger partial charge in [0, 0.05) is 18.2 Å². The van der Waals surface area contributed by atoms with Crippen LogP contribution in [0, 0.1) is 6.92 Å². The molecule has 0 bridgehead atoms. The van der Waals surface area contributed by atoms with E-state index in [1.165, 1.54) is 10.7 Å². The number of aryl methyl sites for hydroxylation is 1. The largest absolute Gasteiger partial charge is 0.354 e. The lowest BCUT2D eigenvalue weighted by atomic mass is 10.1. The Bertz CT molecular complexity index is 949. The maximum Gasteiger partial charge on any atom is 0.267 e. The second kappa shape index (κ2) is 8.25. The van der Waals surface area contributed by atoms with Gasteiger partial charge in [0.25, 0.3) is 5.56 Å². The van der Waals surface area contributed by atoms with Crippen molar-refractivity contribution in [3.05, 3.63) is 88.2 Å². The summed E-state index contributed by atoms with van der Waals surface area (Å²) in [6.45, 7) is 2.43. The van der Waals surface area contributed by atoms with Gasteiger partial charge in [-0.2, -0.15) is 5.10 Å². The third-order valence-electron chi connectivity index (χ3n) is 4.05. The van der Waals surface area contributed by atoms with Crippen LogP contribution in [-0.2, 0) is 17.8 Å². The Kier molecular flexibility index (Phi) is 5.59. The van der Waals surface area contributed by atoms with Crippen molar-refractivity contribution in [1.82, 2.24) is 15.1 Å². The summed E-state index contributed by atoms with van der Waals surface area (Å²) in [7, 11) is 0. The Morgan fingerprint density at radius 2 is 1.85 bits per heavy atom. The molecule has 3 aromatic rings. The van der Waals surface area contributed by atoms with Crippen molar-refractivity contribution in [2.75, 3.05) is 6.54 Å². The lowest BCUT2D eigenvalue weighted by Crippen LogP contribution is -2.34. The summed E-state index contributed by atoms with van der Waals surface area (Å²) < 4.78 is 1.20. The van der Waals surface area contributed by atoms with Gasteiger partial charge >= 0.3 is 0 Å². The molecule has 1 heterocycles. The normalized spacial score (nSPS) is 10.5. The first kappa shape index (κ1) is 17.6. The van der Waals surface area contributed by atoms with Crippen molar-refractivity contribution in [2.45, 2.75) is 19.9 Å². The van der Waals surface area contributed by atoms with E-state index in [-0.39, 0.29) is 18.0 Å². The van der Waals surface area contributed by atoms with E-state index in [2.05, 4.69) is 10.4 Å². The number of nitrogens with zero attached hydrogens (tertiary/aromatic N) is 2. The smallest absolute Gasteiger partial charge is 0.267 e. The molecule has 0 aliphatic heterocycles. The zero-order chi connectivity index (χ0) is 18.4. The van der Waals surface area contributed by atoms with Crippen molar-refractivity contribution in [2.24, 2.45) is 0 Å². The minimum Gasteiger partial charge on any atom is -0.354 e. The fourth-order valence-electron chi connectivity index (χ4n) is 2.70. The summed E-state index contributed by atoms with van der Waals surface area (Å²) in [6, 6.07) is 20.9. The minimum absolute atomic E-state index is 0.0900. The van der Waals surface area contributed by atoms with E-state index < -0.39 is 0 Å². The van der Waals surface area contributed by atoms with E-state index in [0.29, 0.717) is 12.2 Å². The molecule has 0 fully saturated rings. The van der Waals surface area contributed by atoms with Crippen LogP contribution in [0.25, 0.3) is 11.3 Å². The molecule has 3 rings (SSSR count). The first-order valence-corrected chi connectivity index (χ1v) is 8.58. The quantitative estimate of drug-likeness (QED) is 0.745. The number of carbonyl (C=O) groups is 1. The van der Waals surface area contributed by atoms with Crippen LogP contribution >= 0.6 is 0 Å². The Morgan fingerprint density at radius 1 is 1.04 bits per heavy atom. The number of aromatic nitrogens is 2. The molecule has 2 aromatic carbocycles. The topological polar surface area (TPSA) is 64.0 Å². The van der Waals surface area contributed by atoms with Gasteiger partial charge in [0.2, 0.25) is 5.91 Å². The summed E-state index contributed by atoms with van der Waals surface area (Å²) in [5, 5.41) is 7.17. The van der Waals surface area contributed by atoms with Crippen LogP contribution in [0.4, 0.5) is 0 Å². The van der Waals surface area contributed by atoms with Crippen LogP contribution < -0.4 is 10.9 Å². The van der Waals surface area contributed by atoms with Gasteiger partial charge in [-0.3, -0.25) is 9.59 Å². The summed E-state index contributed by atoms with van der Waals surface area (Å²) >= 11 is 0. The highest BCUT2D eigenvalue weighted by molar-refractivity contribution is 5.75. The fraction of sp³-hybridized carbons (Fsp3) is 0.190. The predicted molar refractivity (Wildman–Crippen MR) is 102 cm³/mol. The zero-order valence-electron chi connectivity index (χ0n) is 14.7. The van der Waals surface area contributed by atoms with Crippen molar-refractivity contribution in [1.29, 1.82) is 0 Å². The highest BCUT2D eigenvalue weighted by atomic mass is 16.2. The highest BCUT2D eigenvalue weighted by Gasteiger charge is 2.08. The minimum atomic E-state index is -0.292.